The zero-order chi connectivity index (χ0) is 20.0. The summed E-state index contributed by atoms with van der Waals surface area (Å²) in [6.45, 7) is 5.42. The highest BCUT2D eigenvalue weighted by Gasteiger charge is 2.23. The lowest BCUT2D eigenvalue weighted by Gasteiger charge is -2.20. The van der Waals surface area contributed by atoms with E-state index in [0.717, 1.165) is 0 Å². The summed E-state index contributed by atoms with van der Waals surface area (Å²) in [5.74, 6) is -0.549. The first kappa shape index (κ1) is 20.6. The van der Waals surface area contributed by atoms with Crippen molar-refractivity contribution >= 4 is 34.9 Å². The quantitative estimate of drug-likeness (QED) is 0.695. The lowest BCUT2D eigenvalue weighted by Crippen LogP contribution is -2.44. The van der Waals surface area contributed by atoms with E-state index in [1.165, 1.54) is 6.92 Å². The minimum atomic E-state index is -0.700. The van der Waals surface area contributed by atoms with Crippen LogP contribution in [0.1, 0.15) is 47.9 Å². The topological polar surface area (TPSA) is 75.3 Å². The summed E-state index contributed by atoms with van der Waals surface area (Å²) >= 11 is 5.85. The van der Waals surface area contributed by atoms with E-state index in [1.54, 1.807) is 48.5 Å². The summed E-state index contributed by atoms with van der Waals surface area (Å²) in [6, 6.07) is 12.5. The minimum Gasteiger partial charge on any atom is -0.340 e. The fourth-order valence-corrected chi connectivity index (χ4v) is 2.72. The molecule has 142 valence electrons. The molecule has 6 heteroatoms. The lowest BCUT2D eigenvalue weighted by atomic mass is 10.0. The normalized spacial score (nSPS) is 11.7. The molecular weight excluding hydrogens is 364 g/mol. The van der Waals surface area contributed by atoms with Gasteiger partial charge in [-0.1, -0.05) is 37.6 Å². The largest absolute Gasteiger partial charge is 0.340 e. The smallest absolute Gasteiger partial charge is 0.251 e. The van der Waals surface area contributed by atoms with Gasteiger partial charge >= 0.3 is 0 Å². The molecule has 27 heavy (non-hydrogen) atoms. The van der Waals surface area contributed by atoms with Crippen molar-refractivity contribution in [3.05, 3.63) is 64.7 Å². The molecule has 0 aliphatic heterocycles. The summed E-state index contributed by atoms with van der Waals surface area (Å²) in [7, 11) is 0. The molecule has 0 fully saturated rings. The number of halogens is 1. The highest BCUT2D eigenvalue weighted by molar-refractivity contribution is 6.30. The lowest BCUT2D eigenvalue weighted by molar-refractivity contribution is -0.118. The summed E-state index contributed by atoms with van der Waals surface area (Å²) in [5.41, 5.74) is 1.46. The molecule has 0 heterocycles. The maximum absolute atomic E-state index is 12.7. The predicted octanol–water partition coefficient (Wildman–Crippen LogP) is 4.33. The molecule has 1 atom stereocenters. The molecule has 0 spiro atoms. The van der Waals surface area contributed by atoms with Crippen LogP contribution in [0.15, 0.2) is 48.5 Å². The van der Waals surface area contributed by atoms with Crippen LogP contribution in [0, 0.1) is 5.92 Å². The summed E-state index contributed by atoms with van der Waals surface area (Å²) in [5, 5.41) is 6.10. The van der Waals surface area contributed by atoms with Crippen LogP contribution in [-0.4, -0.2) is 23.6 Å². The Morgan fingerprint density at radius 3 is 2.26 bits per heavy atom. The van der Waals surface area contributed by atoms with E-state index in [-0.39, 0.29) is 23.5 Å². The summed E-state index contributed by atoms with van der Waals surface area (Å²) in [4.78, 5) is 36.7. The van der Waals surface area contributed by atoms with Gasteiger partial charge in [-0.2, -0.15) is 0 Å². The standard InChI is InChI=1S/C21H23ClN2O3/c1-13(2)11-19(24-20(26)15-7-9-17(22)10-8-15)21(27)23-18-6-4-5-16(12-18)14(3)25/h4-10,12-13,19H,11H2,1-3H3,(H,23,27)(H,24,26). The van der Waals surface area contributed by atoms with Crippen LogP contribution in [0.5, 0.6) is 0 Å². The SMILES string of the molecule is CC(=O)c1cccc(NC(=O)C(CC(C)C)NC(=O)c2ccc(Cl)cc2)c1. The number of nitrogens with one attached hydrogen (secondary N) is 2. The number of benzene rings is 2. The zero-order valence-corrected chi connectivity index (χ0v) is 16.3. The van der Waals surface area contributed by atoms with Gasteiger partial charge in [0, 0.05) is 21.8 Å². The number of amides is 2. The Bertz CT molecular complexity index is 832. The molecule has 0 saturated heterocycles. The summed E-state index contributed by atoms with van der Waals surface area (Å²) < 4.78 is 0. The molecular formula is C21H23ClN2O3. The van der Waals surface area contributed by atoms with Gasteiger partial charge in [0.25, 0.3) is 5.91 Å². The Morgan fingerprint density at radius 1 is 1.00 bits per heavy atom. The molecule has 2 amide bonds. The number of carbonyl (C=O) groups excluding carboxylic acids is 3. The summed E-state index contributed by atoms with van der Waals surface area (Å²) in [6.07, 6.45) is 0.484. The minimum absolute atomic E-state index is 0.0825. The van der Waals surface area contributed by atoms with E-state index in [2.05, 4.69) is 10.6 Å². The van der Waals surface area contributed by atoms with Gasteiger partial charge in [-0.05, 0) is 55.7 Å². The second-order valence-corrected chi connectivity index (χ2v) is 7.23. The van der Waals surface area contributed by atoms with Crippen molar-refractivity contribution in [1.82, 2.24) is 5.32 Å². The van der Waals surface area contributed by atoms with E-state index in [0.29, 0.717) is 28.3 Å². The molecule has 2 aromatic rings. The third kappa shape index (κ3) is 6.22. The van der Waals surface area contributed by atoms with Gasteiger partial charge in [0.1, 0.15) is 6.04 Å². The molecule has 0 aromatic heterocycles. The molecule has 2 aromatic carbocycles. The van der Waals surface area contributed by atoms with Crippen LogP contribution >= 0.6 is 11.6 Å². The zero-order valence-electron chi connectivity index (χ0n) is 15.6. The van der Waals surface area contributed by atoms with E-state index < -0.39 is 6.04 Å². The Balaban J connectivity index is 2.13. The molecule has 0 aliphatic rings. The third-order valence-corrected chi connectivity index (χ3v) is 4.22. The first-order valence-electron chi connectivity index (χ1n) is 8.74. The van der Waals surface area contributed by atoms with Gasteiger partial charge in [-0.3, -0.25) is 14.4 Å². The molecule has 0 saturated carbocycles. The van der Waals surface area contributed by atoms with Crippen molar-refractivity contribution in [2.75, 3.05) is 5.32 Å². The number of hydrogen-bond donors (Lipinski definition) is 2. The van der Waals surface area contributed by atoms with Crippen molar-refractivity contribution in [3.63, 3.8) is 0 Å². The predicted molar refractivity (Wildman–Crippen MR) is 107 cm³/mol. The molecule has 0 aliphatic carbocycles. The van der Waals surface area contributed by atoms with Crippen molar-refractivity contribution in [2.45, 2.75) is 33.2 Å². The number of anilines is 1. The Labute approximate surface area is 164 Å². The van der Waals surface area contributed by atoms with Crippen LogP contribution in [-0.2, 0) is 4.79 Å². The molecule has 0 radical (unpaired) electrons. The van der Waals surface area contributed by atoms with Gasteiger partial charge < -0.3 is 10.6 Å². The van der Waals surface area contributed by atoms with Crippen molar-refractivity contribution in [1.29, 1.82) is 0 Å². The second kappa shape index (κ2) is 9.33. The highest BCUT2D eigenvalue weighted by Crippen LogP contribution is 2.15. The Morgan fingerprint density at radius 2 is 1.67 bits per heavy atom. The number of hydrogen-bond acceptors (Lipinski definition) is 3. The van der Waals surface area contributed by atoms with Crippen LogP contribution < -0.4 is 10.6 Å². The van der Waals surface area contributed by atoms with Crippen LogP contribution in [0.3, 0.4) is 0 Å². The Hall–Kier alpha value is -2.66. The van der Waals surface area contributed by atoms with Crippen LogP contribution in [0.4, 0.5) is 5.69 Å². The third-order valence-electron chi connectivity index (χ3n) is 3.97. The fourth-order valence-electron chi connectivity index (χ4n) is 2.59. The molecule has 5 nitrogen and oxygen atoms in total. The first-order chi connectivity index (χ1) is 12.8. The van der Waals surface area contributed by atoms with E-state index in [1.807, 2.05) is 13.8 Å². The molecule has 0 bridgehead atoms. The molecule has 2 rings (SSSR count). The number of carbonyl (C=O) groups is 3. The molecule has 2 N–H and O–H groups in total. The van der Waals surface area contributed by atoms with Crippen molar-refractivity contribution < 1.29 is 14.4 Å². The number of Topliss-reactive ketones (excluding diaryl/α,β-unsaturated/α-hetero) is 1. The maximum atomic E-state index is 12.7. The highest BCUT2D eigenvalue weighted by atomic mass is 35.5. The van der Waals surface area contributed by atoms with Crippen LogP contribution in [0.25, 0.3) is 0 Å². The monoisotopic (exact) mass is 386 g/mol. The van der Waals surface area contributed by atoms with Gasteiger partial charge in [0.2, 0.25) is 5.91 Å². The van der Waals surface area contributed by atoms with E-state index in [4.69, 9.17) is 11.6 Å². The fraction of sp³-hybridized carbons (Fsp3) is 0.286. The average Bonchev–Trinajstić information content (AvgIpc) is 2.61. The van der Waals surface area contributed by atoms with Gasteiger partial charge in [0.05, 0.1) is 0 Å². The Kier molecular flexibility index (Phi) is 7.13. The second-order valence-electron chi connectivity index (χ2n) is 6.79. The van der Waals surface area contributed by atoms with E-state index in [9.17, 15) is 14.4 Å². The molecule has 1 unspecified atom stereocenters. The van der Waals surface area contributed by atoms with Gasteiger partial charge in [0.15, 0.2) is 5.78 Å². The van der Waals surface area contributed by atoms with Crippen molar-refractivity contribution in [2.24, 2.45) is 5.92 Å². The van der Waals surface area contributed by atoms with Gasteiger partial charge in [-0.15, -0.1) is 0 Å². The maximum Gasteiger partial charge on any atom is 0.251 e. The average molecular weight is 387 g/mol. The van der Waals surface area contributed by atoms with E-state index >= 15 is 0 Å². The van der Waals surface area contributed by atoms with Crippen molar-refractivity contribution in [3.8, 4) is 0 Å². The number of ketones is 1. The van der Waals surface area contributed by atoms with Crippen LogP contribution in [0.2, 0.25) is 5.02 Å². The van der Waals surface area contributed by atoms with Gasteiger partial charge in [-0.25, -0.2) is 0 Å². The first-order valence-corrected chi connectivity index (χ1v) is 9.12. The number of rotatable bonds is 7.